The first-order chi connectivity index (χ1) is 7.99. The van der Waals surface area contributed by atoms with Gasteiger partial charge in [-0.05, 0) is 25.3 Å². The maximum atomic E-state index is 13.5. The molecule has 3 N–H and O–H groups in total. The highest BCUT2D eigenvalue weighted by molar-refractivity contribution is 6.31. The zero-order chi connectivity index (χ0) is 13.0. The molecule has 2 nitrogen and oxygen atoms in total. The Morgan fingerprint density at radius 3 is 2.53 bits per heavy atom. The number of hydrogen-bond donors (Lipinski definition) is 2. The van der Waals surface area contributed by atoms with Crippen molar-refractivity contribution in [2.75, 3.05) is 6.67 Å². The number of rotatable bonds is 5. The fourth-order valence-electron chi connectivity index (χ4n) is 1.49. The Morgan fingerprint density at radius 2 is 1.94 bits per heavy atom. The smallest absolute Gasteiger partial charge is 0.189 e. The van der Waals surface area contributed by atoms with Gasteiger partial charge in [-0.15, -0.1) is 0 Å². The van der Waals surface area contributed by atoms with Crippen molar-refractivity contribution in [3.05, 3.63) is 28.3 Å². The molecule has 0 saturated heterocycles. The molecule has 0 amide bonds. The molecule has 96 valence electrons. The molecule has 1 atom stereocenters. The number of aromatic hydroxyl groups is 1. The van der Waals surface area contributed by atoms with Crippen LogP contribution in [0.5, 0.6) is 5.75 Å². The van der Waals surface area contributed by atoms with Gasteiger partial charge in [0.1, 0.15) is 0 Å². The summed E-state index contributed by atoms with van der Waals surface area (Å²) in [6.07, 6.45) is 1.14. The third-order valence-electron chi connectivity index (χ3n) is 2.46. The quantitative estimate of drug-likeness (QED) is 0.634. The van der Waals surface area contributed by atoms with E-state index in [0.29, 0.717) is 19.3 Å². The Labute approximate surface area is 102 Å². The molecule has 1 aromatic rings. The van der Waals surface area contributed by atoms with Gasteiger partial charge in [0, 0.05) is 11.6 Å². The van der Waals surface area contributed by atoms with E-state index >= 15 is 0 Å². The molecular formula is C11H13ClF3NO. The number of hydrogen-bond acceptors (Lipinski definition) is 2. The second-order valence-electron chi connectivity index (χ2n) is 3.72. The third kappa shape index (κ3) is 3.26. The predicted octanol–water partition coefficient (Wildman–Crippen LogP) is 3.46. The van der Waals surface area contributed by atoms with Crippen molar-refractivity contribution in [3.8, 4) is 5.75 Å². The SMILES string of the molecule is NC(CCCCF)c1cc(Cl)c(F)c(O)c1F. The predicted molar refractivity (Wildman–Crippen MR) is 59.8 cm³/mol. The first kappa shape index (κ1) is 14.1. The topological polar surface area (TPSA) is 46.2 Å². The van der Waals surface area contributed by atoms with Gasteiger partial charge >= 0.3 is 0 Å². The minimum atomic E-state index is -1.20. The van der Waals surface area contributed by atoms with Crippen molar-refractivity contribution < 1.29 is 18.3 Å². The van der Waals surface area contributed by atoms with Gasteiger partial charge in [0.2, 0.25) is 0 Å². The number of alkyl halides is 1. The van der Waals surface area contributed by atoms with E-state index in [0.717, 1.165) is 6.07 Å². The molecule has 0 heterocycles. The fraction of sp³-hybridized carbons (Fsp3) is 0.455. The van der Waals surface area contributed by atoms with Crippen LogP contribution >= 0.6 is 11.6 Å². The molecule has 0 spiro atoms. The highest BCUT2D eigenvalue weighted by atomic mass is 35.5. The first-order valence-corrected chi connectivity index (χ1v) is 5.54. The van der Waals surface area contributed by atoms with E-state index < -0.39 is 30.1 Å². The lowest BCUT2D eigenvalue weighted by atomic mass is 10.0. The first-order valence-electron chi connectivity index (χ1n) is 5.17. The van der Waals surface area contributed by atoms with Gasteiger partial charge in [0.25, 0.3) is 0 Å². The summed E-state index contributed by atoms with van der Waals surface area (Å²) < 4.78 is 38.4. The largest absolute Gasteiger partial charge is 0.503 e. The summed E-state index contributed by atoms with van der Waals surface area (Å²) in [5.74, 6) is -3.45. The number of unbranched alkanes of at least 4 members (excludes halogenated alkanes) is 1. The van der Waals surface area contributed by atoms with E-state index in [9.17, 15) is 13.2 Å². The van der Waals surface area contributed by atoms with Crippen LogP contribution in [0.2, 0.25) is 5.02 Å². The summed E-state index contributed by atoms with van der Waals surface area (Å²) in [4.78, 5) is 0. The summed E-state index contributed by atoms with van der Waals surface area (Å²) >= 11 is 5.48. The Bertz CT molecular complexity index is 401. The maximum absolute atomic E-state index is 13.5. The van der Waals surface area contributed by atoms with Crippen molar-refractivity contribution >= 4 is 11.6 Å². The van der Waals surface area contributed by atoms with Gasteiger partial charge in [0.15, 0.2) is 17.4 Å². The number of nitrogens with two attached hydrogens (primary N) is 1. The van der Waals surface area contributed by atoms with Crippen molar-refractivity contribution in [3.63, 3.8) is 0 Å². The summed E-state index contributed by atoms with van der Waals surface area (Å²) in [5.41, 5.74) is 5.61. The van der Waals surface area contributed by atoms with Crippen LogP contribution in [0.3, 0.4) is 0 Å². The van der Waals surface area contributed by atoms with Crippen LogP contribution in [0, 0.1) is 11.6 Å². The van der Waals surface area contributed by atoms with Gasteiger partial charge in [-0.3, -0.25) is 4.39 Å². The van der Waals surface area contributed by atoms with Crippen molar-refractivity contribution in [1.82, 2.24) is 0 Å². The number of halogens is 4. The Kier molecular flexibility index (Phi) is 5.08. The molecule has 0 bridgehead atoms. The molecule has 1 unspecified atom stereocenters. The van der Waals surface area contributed by atoms with Crippen LogP contribution in [0.25, 0.3) is 0 Å². The average Bonchev–Trinajstić information content (AvgIpc) is 2.31. The molecule has 0 radical (unpaired) electrons. The van der Waals surface area contributed by atoms with Crippen LogP contribution in [-0.2, 0) is 0 Å². The lowest BCUT2D eigenvalue weighted by Crippen LogP contribution is -2.13. The molecule has 0 saturated carbocycles. The monoisotopic (exact) mass is 267 g/mol. The lowest BCUT2D eigenvalue weighted by molar-refractivity contribution is 0.388. The second-order valence-corrected chi connectivity index (χ2v) is 4.12. The van der Waals surface area contributed by atoms with Crippen LogP contribution in [0.1, 0.15) is 30.9 Å². The van der Waals surface area contributed by atoms with Crippen molar-refractivity contribution in [1.29, 1.82) is 0 Å². The van der Waals surface area contributed by atoms with Gasteiger partial charge in [-0.1, -0.05) is 11.6 Å². The van der Waals surface area contributed by atoms with Gasteiger partial charge < -0.3 is 10.8 Å². The van der Waals surface area contributed by atoms with E-state index in [4.69, 9.17) is 22.4 Å². The molecule has 0 aromatic heterocycles. The number of phenols is 1. The summed E-state index contributed by atoms with van der Waals surface area (Å²) in [6, 6.07) is 0.303. The van der Waals surface area contributed by atoms with E-state index in [1.54, 1.807) is 0 Å². The maximum Gasteiger partial charge on any atom is 0.189 e. The highest BCUT2D eigenvalue weighted by Gasteiger charge is 2.20. The summed E-state index contributed by atoms with van der Waals surface area (Å²) in [5, 5.41) is 8.75. The zero-order valence-electron chi connectivity index (χ0n) is 9.02. The van der Waals surface area contributed by atoms with E-state index in [1.165, 1.54) is 0 Å². The normalized spacial score (nSPS) is 12.8. The molecule has 0 fully saturated rings. The Morgan fingerprint density at radius 1 is 1.29 bits per heavy atom. The van der Waals surface area contributed by atoms with Gasteiger partial charge in [-0.25, -0.2) is 8.78 Å². The van der Waals surface area contributed by atoms with Crippen LogP contribution < -0.4 is 5.73 Å². The van der Waals surface area contributed by atoms with E-state index in [2.05, 4.69) is 0 Å². The summed E-state index contributed by atoms with van der Waals surface area (Å²) in [7, 11) is 0. The molecule has 17 heavy (non-hydrogen) atoms. The average molecular weight is 268 g/mol. The molecular weight excluding hydrogens is 255 g/mol. The van der Waals surface area contributed by atoms with Crippen molar-refractivity contribution in [2.45, 2.75) is 25.3 Å². The third-order valence-corrected chi connectivity index (χ3v) is 2.73. The molecule has 0 aliphatic carbocycles. The zero-order valence-corrected chi connectivity index (χ0v) is 9.78. The second kappa shape index (κ2) is 6.12. The fourth-order valence-corrected chi connectivity index (χ4v) is 1.70. The molecule has 1 aromatic carbocycles. The summed E-state index contributed by atoms with van der Waals surface area (Å²) in [6.45, 7) is -0.468. The van der Waals surface area contributed by atoms with Gasteiger partial charge in [-0.2, -0.15) is 0 Å². The standard InChI is InChI=1S/C11H13ClF3NO/c12-7-5-6(8(16)3-1-2-4-13)9(14)11(17)10(7)15/h5,8,17H,1-4,16H2. The van der Waals surface area contributed by atoms with Crippen LogP contribution in [0.4, 0.5) is 13.2 Å². The number of phenolic OH excluding ortho intramolecular Hbond substituents is 1. The Hall–Kier alpha value is -0.940. The van der Waals surface area contributed by atoms with Crippen molar-refractivity contribution in [2.24, 2.45) is 5.73 Å². The van der Waals surface area contributed by atoms with E-state index in [-0.39, 0.29) is 10.6 Å². The van der Waals surface area contributed by atoms with Crippen LogP contribution in [-0.4, -0.2) is 11.8 Å². The highest BCUT2D eigenvalue weighted by Crippen LogP contribution is 2.33. The minimum Gasteiger partial charge on any atom is -0.503 e. The minimum absolute atomic E-state index is 0.0623. The molecule has 6 heteroatoms. The van der Waals surface area contributed by atoms with Crippen LogP contribution in [0.15, 0.2) is 6.07 Å². The van der Waals surface area contributed by atoms with Gasteiger partial charge in [0.05, 0.1) is 11.7 Å². The Balaban J connectivity index is 2.90. The number of benzene rings is 1. The molecule has 0 aliphatic rings. The lowest BCUT2D eigenvalue weighted by Gasteiger charge is -2.14. The van der Waals surface area contributed by atoms with E-state index in [1.807, 2.05) is 0 Å². The molecule has 1 rings (SSSR count). The molecule has 0 aliphatic heterocycles.